The number of carboxylic acids is 1. The third kappa shape index (κ3) is 3.76. The number of aryl methyl sites for hydroxylation is 1. The Hall–Kier alpha value is -1.98. The van der Waals surface area contributed by atoms with Gasteiger partial charge in [-0.15, -0.1) is 0 Å². The fourth-order valence-electron chi connectivity index (χ4n) is 1.64. The van der Waals surface area contributed by atoms with Gasteiger partial charge in [0.05, 0.1) is 0 Å². The summed E-state index contributed by atoms with van der Waals surface area (Å²) in [5, 5.41) is 8.77. The van der Waals surface area contributed by atoms with Crippen LogP contribution in [0.2, 0.25) is 0 Å². The van der Waals surface area contributed by atoms with Gasteiger partial charge in [-0.2, -0.15) is 4.39 Å². The maximum atomic E-state index is 13.4. The summed E-state index contributed by atoms with van der Waals surface area (Å²) < 4.78 is 39.1. The summed E-state index contributed by atoms with van der Waals surface area (Å²) >= 11 is 0. The number of carboxylic acid groups (broad SMARTS) is 1. The second-order valence-corrected chi connectivity index (χ2v) is 4.28. The molecule has 1 heterocycles. The molecule has 0 aromatic heterocycles. The Morgan fingerprint density at radius 3 is 2.40 bits per heavy atom. The first-order valence-electron chi connectivity index (χ1n) is 5.88. The zero-order valence-corrected chi connectivity index (χ0v) is 11.3. The zero-order chi connectivity index (χ0) is 15.4. The molecule has 1 aliphatic heterocycles. The average Bonchev–Trinajstić information content (AvgIpc) is 2.33. The lowest BCUT2D eigenvalue weighted by atomic mass is 10.0. The lowest BCUT2D eigenvalue weighted by molar-refractivity contribution is -0.134. The Morgan fingerprint density at radius 2 is 1.90 bits per heavy atom. The predicted octanol–water partition coefficient (Wildman–Crippen LogP) is 3.73. The minimum atomic E-state index is -2.17. The minimum absolute atomic E-state index is 0.365. The van der Waals surface area contributed by atoms with Crippen LogP contribution in [0, 0.1) is 13.8 Å². The van der Waals surface area contributed by atoms with Gasteiger partial charge in [-0.05, 0) is 38.0 Å². The van der Waals surface area contributed by atoms with Gasteiger partial charge in [0.2, 0.25) is 6.43 Å². The molecular weight excluding hydrogens is 273 g/mol. The van der Waals surface area contributed by atoms with E-state index in [4.69, 9.17) is 9.84 Å². The van der Waals surface area contributed by atoms with Crippen molar-refractivity contribution in [3.05, 3.63) is 34.4 Å². The Morgan fingerprint density at radius 1 is 1.35 bits per heavy atom. The number of benzene rings is 1. The lowest BCUT2D eigenvalue weighted by Gasteiger charge is -2.22. The molecule has 0 amide bonds. The van der Waals surface area contributed by atoms with Crippen molar-refractivity contribution >= 4 is 12.0 Å². The predicted molar refractivity (Wildman–Crippen MR) is 68.7 cm³/mol. The second-order valence-electron chi connectivity index (χ2n) is 4.28. The maximum absolute atomic E-state index is 13.4. The molecule has 1 aromatic rings. The molecule has 110 valence electrons. The number of ether oxygens (including phenoxy) is 1. The van der Waals surface area contributed by atoms with Crippen LogP contribution in [0.3, 0.4) is 0 Å². The SMILES string of the molecule is CC(F)F.Cc1ccc2c(c1C)OC(F)C(C(=O)O)=C2. The fraction of sp³-hybridized carbons (Fsp3) is 0.357. The summed E-state index contributed by atoms with van der Waals surface area (Å²) in [4.78, 5) is 10.7. The Kier molecular flexibility index (Phi) is 5.19. The van der Waals surface area contributed by atoms with E-state index in [-0.39, 0.29) is 5.57 Å². The smallest absolute Gasteiger partial charge is 0.338 e. The van der Waals surface area contributed by atoms with Crippen molar-refractivity contribution < 1.29 is 27.8 Å². The van der Waals surface area contributed by atoms with Crippen molar-refractivity contribution in [2.75, 3.05) is 0 Å². The summed E-state index contributed by atoms with van der Waals surface area (Å²) in [7, 11) is 0. The van der Waals surface area contributed by atoms with E-state index in [1.165, 1.54) is 6.08 Å². The van der Waals surface area contributed by atoms with Gasteiger partial charge < -0.3 is 9.84 Å². The van der Waals surface area contributed by atoms with E-state index in [0.717, 1.165) is 18.1 Å². The quantitative estimate of drug-likeness (QED) is 0.856. The van der Waals surface area contributed by atoms with E-state index >= 15 is 0 Å². The molecular formula is C14H15F3O3. The van der Waals surface area contributed by atoms with Crippen molar-refractivity contribution in [2.24, 2.45) is 0 Å². The number of hydrogen-bond acceptors (Lipinski definition) is 2. The topological polar surface area (TPSA) is 46.5 Å². The summed E-state index contributed by atoms with van der Waals surface area (Å²) in [5.41, 5.74) is 2.06. The molecule has 1 aliphatic rings. The first-order valence-corrected chi connectivity index (χ1v) is 5.88. The highest BCUT2D eigenvalue weighted by molar-refractivity contribution is 5.94. The van der Waals surface area contributed by atoms with Gasteiger partial charge in [0.1, 0.15) is 11.3 Å². The first-order chi connectivity index (χ1) is 9.23. The molecule has 0 saturated carbocycles. The van der Waals surface area contributed by atoms with Crippen LogP contribution in [-0.2, 0) is 4.79 Å². The van der Waals surface area contributed by atoms with Crippen molar-refractivity contribution in [1.29, 1.82) is 0 Å². The first kappa shape index (κ1) is 16.1. The van der Waals surface area contributed by atoms with E-state index in [1.54, 1.807) is 6.07 Å². The number of fused-ring (bicyclic) bond motifs is 1. The van der Waals surface area contributed by atoms with Crippen LogP contribution in [-0.4, -0.2) is 23.9 Å². The Labute approximate surface area is 114 Å². The van der Waals surface area contributed by atoms with Gasteiger partial charge in [-0.25, -0.2) is 13.6 Å². The fourth-order valence-corrected chi connectivity index (χ4v) is 1.64. The van der Waals surface area contributed by atoms with E-state index in [9.17, 15) is 18.0 Å². The number of alkyl halides is 3. The highest BCUT2D eigenvalue weighted by Gasteiger charge is 2.28. The van der Waals surface area contributed by atoms with Crippen LogP contribution in [0.1, 0.15) is 23.6 Å². The third-order valence-electron chi connectivity index (χ3n) is 2.73. The van der Waals surface area contributed by atoms with Crippen molar-refractivity contribution in [3.8, 4) is 5.75 Å². The van der Waals surface area contributed by atoms with Crippen LogP contribution >= 0.6 is 0 Å². The van der Waals surface area contributed by atoms with Gasteiger partial charge in [0.15, 0.2) is 0 Å². The molecule has 1 N–H and O–H groups in total. The Bertz CT molecular complexity index is 536. The van der Waals surface area contributed by atoms with Gasteiger partial charge >= 0.3 is 5.97 Å². The van der Waals surface area contributed by atoms with Crippen LogP contribution in [0.5, 0.6) is 5.75 Å². The molecule has 20 heavy (non-hydrogen) atoms. The molecule has 3 nitrogen and oxygen atoms in total. The van der Waals surface area contributed by atoms with Crippen LogP contribution < -0.4 is 4.74 Å². The molecule has 0 bridgehead atoms. The normalized spacial score (nSPS) is 16.6. The van der Waals surface area contributed by atoms with Crippen molar-refractivity contribution in [2.45, 2.75) is 33.6 Å². The maximum Gasteiger partial charge on any atom is 0.338 e. The number of carbonyl (C=O) groups is 1. The van der Waals surface area contributed by atoms with Gasteiger partial charge in [0, 0.05) is 5.56 Å². The molecule has 0 radical (unpaired) electrons. The summed E-state index contributed by atoms with van der Waals surface area (Å²) in [6, 6.07) is 3.58. The van der Waals surface area contributed by atoms with Crippen molar-refractivity contribution in [1.82, 2.24) is 0 Å². The van der Waals surface area contributed by atoms with Gasteiger partial charge in [-0.3, -0.25) is 0 Å². The van der Waals surface area contributed by atoms with Gasteiger partial charge in [0.25, 0.3) is 6.36 Å². The molecule has 1 atom stereocenters. The van der Waals surface area contributed by atoms with Crippen molar-refractivity contribution in [3.63, 3.8) is 0 Å². The summed E-state index contributed by atoms with van der Waals surface area (Å²) in [6.07, 6.45) is -2.75. The average molecular weight is 288 g/mol. The zero-order valence-electron chi connectivity index (χ0n) is 11.3. The number of halogens is 3. The van der Waals surface area contributed by atoms with Gasteiger partial charge in [-0.1, -0.05) is 12.1 Å². The molecule has 0 saturated heterocycles. The largest absolute Gasteiger partial charge is 0.478 e. The standard InChI is InChI=1S/C12H11FO3.C2H4F2/c1-6-3-4-8-5-9(12(14)15)11(13)16-10(8)7(6)2;1-2(3)4/h3-5,11H,1-2H3,(H,14,15);2H,1H3. The van der Waals surface area contributed by atoms with Crippen LogP contribution in [0.4, 0.5) is 13.2 Å². The molecule has 0 spiro atoms. The number of rotatable bonds is 1. The molecule has 1 unspecified atom stereocenters. The summed E-state index contributed by atoms with van der Waals surface area (Å²) in [5.74, 6) is -0.867. The Balaban J connectivity index is 0.000000444. The van der Waals surface area contributed by atoms with Crippen LogP contribution in [0.15, 0.2) is 17.7 Å². The molecule has 2 rings (SSSR count). The number of aliphatic carboxylic acids is 1. The second kappa shape index (κ2) is 6.45. The van der Waals surface area contributed by atoms with E-state index in [1.807, 2.05) is 19.9 Å². The van der Waals surface area contributed by atoms with E-state index in [2.05, 4.69) is 0 Å². The molecule has 1 aromatic carbocycles. The number of hydrogen-bond donors (Lipinski definition) is 1. The monoisotopic (exact) mass is 288 g/mol. The highest BCUT2D eigenvalue weighted by atomic mass is 19.3. The van der Waals surface area contributed by atoms with E-state index < -0.39 is 18.8 Å². The molecule has 0 aliphatic carbocycles. The molecule has 6 heteroatoms. The molecule has 0 fully saturated rings. The minimum Gasteiger partial charge on any atom is -0.478 e. The lowest BCUT2D eigenvalue weighted by Crippen LogP contribution is -2.23. The van der Waals surface area contributed by atoms with E-state index in [0.29, 0.717) is 11.3 Å². The van der Waals surface area contributed by atoms with Crippen LogP contribution in [0.25, 0.3) is 6.08 Å². The highest BCUT2D eigenvalue weighted by Crippen LogP contribution is 2.34. The third-order valence-corrected chi connectivity index (χ3v) is 2.73. The summed E-state index contributed by atoms with van der Waals surface area (Å²) in [6.45, 7) is 4.54.